The van der Waals surface area contributed by atoms with Crippen molar-refractivity contribution < 1.29 is 0 Å². The summed E-state index contributed by atoms with van der Waals surface area (Å²) in [6, 6.07) is 3.91. The molecule has 0 saturated heterocycles. The Labute approximate surface area is 94.3 Å². The Balaban J connectivity index is 2.55. The topological polar surface area (TPSA) is 69.6 Å². The van der Waals surface area contributed by atoms with Crippen LogP contribution in [0.15, 0.2) is 12.1 Å². The number of pyridine rings is 1. The van der Waals surface area contributed by atoms with Gasteiger partial charge in [0, 0.05) is 12.2 Å². The number of nitrogens with two attached hydrogens (primary N) is 1. The van der Waals surface area contributed by atoms with E-state index >= 15 is 0 Å². The summed E-state index contributed by atoms with van der Waals surface area (Å²) in [6.07, 6.45) is 0. The maximum atomic E-state index is 5.64. The molecular formula is C11H15N5. The van der Waals surface area contributed by atoms with Crippen LogP contribution in [0, 0.1) is 20.8 Å². The second kappa shape index (κ2) is 4.02. The van der Waals surface area contributed by atoms with Crippen molar-refractivity contribution in [1.82, 2.24) is 19.7 Å². The van der Waals surface area contributed by atoms with E-state index in [1.807, 2.05) is 32.9 Å². The van der Waals surface area contributed by atoms with E-state index in [-0.39, 0.29) is 0 Å². The van der Waals surface area contributed by atoms with Crippen LogP contribution in [0.5, 0.6) is 0 Å². The fourth-order valence-electron chi connectivity index (χ4n) is 1.69. The molecule has 0 radical (unpaired) electrons. The van der Waals surface area contributed by atoms with Gasteiger partial charge in [0.2, 0.25) is 0 Å². The summed E-state index contributed by atoms with van der Waals surface area (Å²) < 4.78 is 1.74. The summed E-state index contributed by atoms with van der Waals surface area (Å²) >= 11 is 0. The van der Waals surface area contributed by atoms with Crippen LogP contribution >= 0.6 is 0 Å². The third-order valence-electron chi connectivity index (χ3n) is 2.33. The minimum atomic E-state index is 0.503. The average Bonchev–Trinajstić information content (AvgIpc) is 2.57. The van der Waals surface area contributed by atoms with Gasteiger partial charge in [-0.15, -0.1) is 5.10 Å². The molecule has 16 heavy (non-hydrogen) atoms. The molecule has 0 aliphatic carbocycles. The molecule has 2 aromatic rings. The lowest BCUT2D eigenvalue weighted by Crippen LogP contribution is -2.06. The molecule has 0 unspecified atom stereocenters. The number of aryl methyl sites for hydroxylation is 3. The van der Waals surface area contributed by atoms with Gasteiger partial charge in [-0.05, 0) is 38.5 Å². The summed E-state index contributed by atoms with van der Waals surface area (Å²) in [6.45, 7) is 6.22. The van der Waals surface area contributed by atoms with Crippen LogP contribution in [0.1, 0.15) is 22.9 Å². The number of aromatic nitrogens is 4. The molecule has 0 aliphatic heterocycles. The molecule has 5 nitrogen and oxygen atoms in total. The van der Waals surface area contributed by atoms with Crippen LogP contribution in [0.4, 0.5) is 0 Å². The lowest BCUT2D eigenvalue weighted by atomic mass is 10.2. The van der Waals surface area contributed by atoms with Crippen molar-refractivity contribution in [3.05, 3.63) is 35.0 Å². The zero-order valence-electron chi connectivity index (χ0n) is 9.73. The lowest BCUT2D eigenvalue weighted by molar-refractivity contribution is 0.795. The Morgan fingerprint density at radius 2 is 1.94 bits per heavy atom. The summed E-state index contributed by atoms with van der Waals surface area (Å²) in [5.74, 6) is 2.35. The number of nitrogens with zero attached hydrogens (tertiary/aromatic N) is 4. The van der Waals surface area contributed by atoms with Gasteiger partial charge >= 0.3 is 0 Å². The predicted octanol–water partition coefficient (Wildman–Crippen LogP) is 1.05. The highest BCUT2D eigenvalue weighted by atomic mass is 15.4. The summed E-state index contributed by atoms with van der Waals surface area (Å²) in [7, 11) is 0. The van der Waals surface area contributed by atoms with Gasteiger partial charge in [0.05, 0.1) is 0 Å². The molecule has 2 rings (SSSR count). The average molecular weight is 217 g/mol. The Morgan fingerprint density at radius 3 is 2.50 bits per heavy atom. The largest absolute Gasteiger partial charge is 0.326 e. The predicted molar refractivity (Wildman–Crippen MR) is 61.3 cm³/mol. The zero-order valence-corrected chi connectivity index (χ0v) is 9.73. The maximum Gasteiger partial charge on any atom is 0.156 e. The molecule has 0 spiro atoms. The second-order valence-corrected chi connectivity index (χ2v) is 3.80. The van der Waals surface area contributed by atoms with Gasteiger partial charge in [-0.1, -0.05) is 0 Å². The Kier molecular flexibility index (Phi) is 2.70. The Bertz CT molecular complexity index is 515. The smallest absolute Gasteiger partial charge is 0.156 e. The monoisotopic (exact) mass is 217 g/mol. The highest BCUT2D eigenvalue weighted by Gasteiger charge is 2.07. The van der Waals surface area contributed by atoms with Gasteiger partial charge < -0.3 is 5.73 Å². The van der Waals surface area contributed by atoms with E-state index in [9.17, 15) is 0 Å². The summed E-state index contributed by atoms with van der Waals surface area (Å²) in [4.78, 5) is 8.68. The van der Waals surface area contributed by atoms with Crippen molar-refractivity contribution in [2.75, 3.05) is 0 Å². The van der Waals surface area contributed by atoms with Gasteiger partial charge in [0.25, 0.3) is 0 Å². The molecule has 2 heterocycles. The van der Waals surface area contributed by atoms with Crippen molar-refractivity contribution in [2.45, 2.75) is 27.3 Å². The fourth-order valence-corrected chi connectivity index (χ4v) is 1.69. The number of hydrogen-bond acceptors (Lipinski definition) is 4. The van der Waals surface area contributed by atoms with E-state index in [1.165, 1.54) is 0 Å². The zero-order chi connectivity index (χ0) is 11.7. The first kappa shape index (κ1) is 10.8. The first-order valence-electron chi connectivity index (χ1n) is 5.18. The van der Waals surface area contributed by atoms with E-state index in [0.29, 0.717) is 6.54 Å². The highest BCUT2D eigenvalue weighted by molar-refractivity contribution is 5.30. The van der Waals surface area contributed by atoms with Gasteiger partial charge in [-0.25, -0.2) is 9.97 Å². The summed E-state index contributed by atoms with van der Waals surface area (Å²) in [5.41, 5.74) is 7.62. The molecular weight excluding hydrogens is 202 g/mol. The molecule has 0 atom stereocenters. The Morgan fingerprint density at radius 1 is 1.19 bits per heavy atom. The molecule has 2 aromatic heterocycles. The van der Waals surface area contributed by atoms with Crippen molar-refractivity contribution in [3.8, 4) is 5.82 Å². The second-order valence-electron chi connectivity index (χ2n) is 3.80. The first-order chi connectivity index (χ1) is 7.60. The van der Waals surface area contributed by atoms with Crippen LogP contribution in [0.25, 0.3) is 5.82 Å². The molecule has 2 N–H and O–H groups in total. The van der Waals surface area contributed by atoms with Crippen LogP contribution < -0.4 is 5.73 Å². The normalized spacial score (nSPS) is 10.8. The van der Waals surface area contributed by atoms with E-state index in [2.05, 4.69) is 15.1 Å². The van der Waals surface area contributed by atoms with Crippen molar-refractivity contribution >= 4 is 0 Å². The minimum Gasteiger partial charge on any atom is -0.326 e. The molecule has 0 aromatic carbocycles. The highest BCUT2D eigenvalue weighted by Crippen LogP contribution is 2.10. The fraction of sp³-hybridized carbons (Fsp3) is 0.364. The molecule has 84 valence electrons. The molecule has 0 saturated carbocycles. The van der Waals surface area contributed by atoms with Crippen molar-refractivity contribution in [2.24, 2.45) is 5.73 Å². The van der Waals surface area contributed by atoms with Crippen LogP contribution in [0.3, 0.4) is 0 Å². The molecule has 0 amide bonds. The molecule has 5 heteroatoms. The molecule has 0 fully saturated rings. The molecule has 0 aliphatic rings. The van der Waals surface area contributed by atoms with Crippen LogP contribution in [-0.4, -0.2) is 19.7 Å². The van der Waals surface area contributed by atoms with Crippen molar-refractivity contribution in [1.29, 1.82) is 0 Å². The SMILES string of the molecule is Cc1cc(CN)cc(-n2nc(C)nc2C)n1. The summed E-state index contributed by atoms with van der Waals surface area (Å²) in [5, 5.41) is 4.30. The van der Waals surface area contributed by atoms with Gasteiger partial charge in [-0.3, -0.25) is 0 Å². The van der Waals surface area contributed by atoms with E-state index in [4.69, 9.17) is 5.73 Å². The van der Waals surface area contributed by atoms with Crippen LogP contribution in [-0.2, 0) is 6.54 Å². The molecule has 0 bridgehead atoms. The van der Waals surface area contributed by atoms with Gasteiger partial charge in [0.15, 0.2) is 5.82 Å². The third kappa shape index (κ3) is 1.94. The maximum absolute atomic E-state index is 5.64. The minimum absolute atomic E-state index is 0.503. The standard InChI is InChI=1S/C11H15N5/c1-7-4-10(6-12)5-11(13-7)16-9(3)14-8(2)15-16/h4-5H,6,12H2,1-3H3. The third-order valence-corrected chi connectivity index (χ3v) is 2.33. The van der Waals surface area contributed by atoms with E-state index in [0.717, 1.165) is 28.7 Å². The van der Waals surface area contributed by atoms with E-state index in [1.54, 1.807) is 4.68 Å². The number of rotatable bonds is 2. The van der Waals surface area contributed by atoms with Crippen molar-refractivity contribution in [3.63, 3.8) is 0 Å². The quantitative estimate of drug-likeness (QED) is 0.816. The van der Waals surface area contributed by atoms with E-state index < -0.39 is 0 Å². The lowest BCUT2D eigenvalue weighted by Gasteiger charge is -2.05. The first-order valence-corrected chi connectivity index (χ1v) is 5.18. The van der Waals surface area contributed by atoms with Gasteiger partial charge in [0.1, 0.15) is 11.6 Å². The Hall–Kier alpha value is -1.75. The number of hydrogen-bond donors (Lipinski definition) is 1. The van der Waals surface area contributed by atoms with Crippen LogP contribution in [0.2, 0.25) is 0 Å². The van der Waals surface area contributed by atoms with Gasteiger partial charge in [-0.2, -0.15) is 4.68 Å².